The van der Waals surface area contributed by atoms with E-state index in [1.807, 2.05) is 62.4 Å². The van der Waals surface area contributed by atoms with Crippen molar-refractivity contribution in [2.24, 2.45) is 11.0 Å². The van der Waals surface area contributed by atoms with Crippen LogP contribution in [-0.4, -0.2) is 36.4 Å². The van der Waals surface area contributed by atoms with Crippen molar-refractivity contribution in [3.63, 3.8) is 0 Å². The van der Waals surface area contributed by atoms with Crippen molar-refractivity contribution < 1.29 is 23.4 Å². The fourth-order valence-corrected chi connectivity index (χ4v) is 5.26. The van der Waals surface area contributed by atoms with Gasteiger partial charge in [0.2, 0.25) is 0 Å². The van der Waals surface area contributed by atoms with Gasteiger partial charge in [0.25, 0.3) is 5.91 Å². The third-order valence-electron chi connectivity index (χ3n) is 7.01. The summed E-state index contributed by atoms with van der Waals surface area (Å²) in [6.07, 6.45) is 4.94. The molecule has 2 atom stereocenters. The maximum atomic E-state index is 14.1. The smallest absolute Gasteiger partial charge is 0.281 e. The zero-order valence-corrected chi connectivity index (χ0v) is 22.3. The van der Waals surface area contributed by atoms with E-state index < -0.39 is 5.82 Å². The maximum absolute atomic E-state index is 14.1. The number of hydrazone groups is 1. The Balaban J connectivity index is 1.45. The molecular formula is C32H33FN2O4. The van der Waals surface area contributed by atoms with Crippen molar-refractivity contribution in [1.82, 2.24) is 5.01 Å². The second kappa shape index (κ2) is 12.2. The van der Waals surface area contributed by atoms with Gasteiger partial charge in [0.15, 0.2) is 18.2 Å². The summed E-state index contributed by atoms with van der Waals surface area (Å²) >= 11 is 0. The van der Waals surface area contributed by atoms with E-state index >= 15 is 0 Å². The van der Waals surface area contributed by atoms with Crippen LogP contribution in [0.1, 0.15) is 50.3 Å². The highest BCUT2D eigenvalue weighted by Gasteiger charge is 2.43. The summed E-state index contributed by atoms with van der Waals surface area (Å²) in [5.41, 5.74) is 4.08. The zero-order chi connectivity index (χ0) is 27.2. The number of hydrogen-bond acceptors (Lipinski definition) is 5. The lowest BCUT2D eigenvalue weighted by atomic mass is 9.77. The fraction of sp³-hybridized carbons (Fsp3) is 0.312. The summed E-state index contributed by atoms with van der Waals surface area (Å²) in [5.74, 6) is 0.879. The quantitative estimate of drug-likeness (QED) is 0.306. The molecule has 2 unspecified atom stereocenters. The minimum atomic E-state index is -0.504. The van der Waals surface area contributed by atoms with Gasteiger partial charge in [-0.25, -0.2) is 9.40 Å². The zero-order valence-electron chi connectivity index (χ0n) is 22.3. The Kier molecular flexibility index (Phi) is 8.25. The first-order chi connectivity index (χ1) is 19.1. The van der Waals surface area contributed by atoms with Crippen LogP contribution in [0.4, 0.5) is 4.39 Å². The summed E-state index contributed by atoms with van der Waals surface area (Å²) < 4.78 is 30.9. The van der Waals surface area contributed by atoms with E-state index in [0.717, 1.165) is 53.2 Å². The molecule has 0 radical (unpaired) electrons. The van der Waals surface area contributed by atoms with E-state index in [2.05, 4.69) is 6.08 Å². The van der Waals surface area contributed by atoms with E-state index in [1.54, 1.807) is 12.1 Å². The highest BCUT2D eigenvalue weighted by molar-refractivity contribution is 6.08. The first kappa shape index (κ1) is 26.5. The number of amides is 1. The second-order valence-electron chi connectivity index (χ2n) is 9.56. The minimum absolute atomic E-state index is 0.0445. The number of carbonyl (C=O) groups is 1. The van der Waals surface area contributed by atoms with E-state index in [0.29, 0.717) is 13.2 Å². The lowest BCUT2D eigenvalue weighted by molar-refractivity contribution is -0.135. The lowest BCUT2D eigenvalue weighted by Gasteiger charge is -2.29. The number of allylic oxidation sites excluding steroid dienone is 1. The van der Waals surface area contributed by atoms with Crippen LogP contribution in [0.5, 0.6) is 17.2 Å². The lowest BCUT2D eigenvalue weighted by Crippen LogP contribution is -2.34. The van der Waals surface area contributed by atoms with Gasteiger partial charge in [-0.15, -0.1) is 0 Å². The molecular weight excluding hydrogens is 495 g/mol. The number of benzene rings is 3. The predicted molar refractivity (Wildman–Crippen MR) is 149 cm³/mol. The molecule has 7 heteroatoms. The number of halogens is 1. The molecule has 0 spiro atoms. The van der Waals surface area contributed by atoms with Crippen LogP contribution >= 0.6 is 0 Å². The van der Waals surface area contributed by atoms with Gasteiger partial charge in [0.05, 0.1) is 25.0 Å². The van der Waals surface area contributed by atoms with Crippen LogP contribution in [0.25, 0.3) is 6.08 Å². The standard InChI is InChI=1S/C32H33FN2O4/c1-3-37-25-16-12-22(13-17-25)20-24-8-7-9-27-31(24)34-35(30(36)21-39-29-11-6-5-10-28(29)33)32(27)23-14-18-26(19-15-23)38-4-2/h5-6,10-20,27,32H,3-4,7-9,21H2,1-2H3. The number of fused-ring (bicyclic) bond motifs is 1. The van der Waals surface area contributed by atoms with Gasteiger partial charge in [-0.05, 0) is 92.3 Å². The van der Waals surface area contributed by atoms with Crippen molar-refractivity contribution >= 4 is 17.7 Å². The molecule has 0 bridgehead atoms. The van der Waals surface area contributed by atoms with Crippen molar-refractivity contribution in [3.05, 3.63) is 95.3 Å². The monoisotopic (exact) mass is 528 g/mol. The van der Waals surface area contributed by atoms with Crippen LogP contribution in [0.2, 0.25) is 0 Å². The molecule has 1 aliphatic heterocycles. The van der Waals surface area contributed by atoms with Crippen molar-refractivity contribution in [1.29, 1.82) is 0 Å². The Hall–Kier alpha value is -4.13. The summed E-state index contributed by atoms with van der Waals surface area (Å²) in [5, 5.41) is 6.42. The molecule has 39 heavy (non-hydrogen) atoms. The molecule has 1 heterocycles. The number of para-hydroxylation sites is 1. The minimum Gasteiger partial charge on any atom is -0.494 e. The molecule has 5 rings (SSSR count). The second-order valence-corrected chi connectivity index (χ2v) is 9.56. The fourth-order valence-electron chi connectivity index (χ4n) is 5.26. The first-order valence-corrected chi connectivity index (χ1v) is 13.5. The average Bonchev–Trinajstić information content (AvgIpc) is 3.35. The number of ether oxygens (including phenoxy) is 3. The molecule has 3 aromatic carbocycles. The third-order valence-corrected chi connectivity index (χ3v) is 7.01. The van der Waals surface area contributed by atoms with Crippen LogP contribution in [-0.2, 0) is 4.79 Å². The van der Waals surface area contributed by atoms with Gasteiger partial charge in [0.1, 0.15) is 11.5 Å². The SMILES string of the molecule is CCOc1ccc(C=C2CCCC3C2=NN(C(=O)COc2ccccc2F)C3c2ccc(OCC)cc2)cc1. The van der Waals surface area contributed by atoms with Crippen molar-refractivity contribution in [2.45, 2.75) is 39.2 Å². The van der Waals surface area contributed by atoms with Crippen LogP contribution in [0, 0.1) is 11.7 Å². The summed E-state index contributed by atoms with van der Waals surface area (Å²) in [6.45, 7) is 4.80. The summed E-state index contributed by atoms with van der Waals surface area (Å²) in [4.78, 5) is 13.5. The summed E-state index contributed by atoms with van der Waals surface area (Å²) in [7, 11) is 0. The number of carbonyl (C=O) groups excluding carboxylic acids is 1. The van der Waals surface area contributed by atoms with E-state index in [9.17, 15) is 9.18 Å². The molecule has 1 saturated carbocycles. The maximum Gasteiger partial charge on any atom is 0.281 e. The predicted octanol–water partition coefficient (Wildman–Crippen LogP) is 6.83. The van der Waals surface area contributed by atoms with Crippen molar-refractivity contribution in [2.75, 3.05) is 19.8 Å². The molecule has 0 aromatic heterocycles. The van der Waals surface area contributed by atoms with Gasteiger partial charge in [-0.3, -0.25) is 4.79 Å². The van der Waals surface area contributed by atoms with Crippen LogP contribution < -0.4 is 14.2 Å². The molecule has 1 aliphatic carbocycles. The highest BCUT2D eigenvalue weighted by atomic mass is 19.1. The van der Waals surface area contributed by atoms with Crippen LogP contribution in [0.3, 0.4) is 0 Å². The Labute approximate surface area is 228 Å². The molecule has 2 aliphatic rings. The van der Waals surface area contributed by atoms with Crippen molar-refractivity contribution in [3.8, 4) is 17.2 Å². The van der Waals surface area contributed by atoms with Gasteiger partial charge >= 0.3 is 0 Å². The topological polar surface area (TPSA) is 60.4 Å². The highest BCUT2D eigenvalue weighted by Crippen LogP contribution is 2.44. The molecule has 0 N–H and O–H groups in total. The molecule has 1 fully saturated rings. The van der Waals surface area contributed by atoms with Gasteiger partial charge < -0.3 is 14.2 Å². The van der Waals surface area contributed by atoms with Gasteiger partial charge in [-0.1, -0.05) is 36.4 Å². The Morgan fingerprint density at radius 3 is 2.28 bits per heavy atom. The molecule has 6 nitrogen and oxygen atoms in total. The Morgan fingerprint density at radius 2 is 1.62 bits per heavy atom. The number of rotatable bonds is 9. The molecule has 0 saturated heterocycles. The normalized spacial score (nSPS) is 19.4. The Morgan fingerprint density at radius 1 is 0.949 bits per heavy atom. The molecule has 1 amide bonds. The van der Waals surface area contributed by atoms with Gasteiger partial charge in [0, 0.05) is 5.92 Å². The third kappa shape index (κ3) is 5.98. The van der Waals surface area contributed by atoms with E-state index in [-0.39, 0.29) is 30.2 Å². The summed E-state index contributed by atoms with van der Waals surface area (Å²) in [6, 6.07) is 21.6. The molecule has 202 valence electrons. The number of nitrogens with zero attached hydrogens (tertiary/aromatic N) is 2. The van der Waals surface area contributed by atoms with Gasteiger partial charge in [-0.2, -0.15) is 5.10 Å². The number of hydrogen-bond donors (Lipinski definition) is 0. The first-order valence-electron chi connectivity index (χ1n) is 13.5. The Bertz CT molecular complexity index is 1350. The van der Waals surface area contributed by atoms with E-state index in [4.69, 9.17) is 19.3 Å². The average molecular weight is 529 g/mol. The van der Waals surface area contributed by atoms with E-state index in [1.165, 1.54) is 17.1 Å². The van der Waals surface area contributed by atoms with Crippen LogP contribution in [0.15, 0.2) is 83.5 Å². The molecule has 3 aromatic rings. The largest absolute Gasteiger partial charge is 0.494 e.